The summed E-state index contributed by atoms with van der Waals surface area (Å²) in [6.45, 7) is 1.87. The van der Waals surface area contributed by atoms with Crippen molar-refractivity contribution < 1.29 is 17.9 Å². The maximum Gasteiger partial charge on any atom is 0.573 e. The molecule has 0 atom stereocenters. The minimum atomic E-state index is -4.60. The van der Waals surface area contributed by atoms with Gasteiger partial charge < -0.3 is 10.9 Å². The van der Waals surface area contributed by atoms with Gasteiger partial charge in [0.15, 0.2) is 0 Å². The number of hydrogen-bond acceptors (Lipinski definition) is 2. The Hall–Kier alpha value is -0.940. The number of alkyl halides is 3. The van der Waals surface area contributed by atoms with Crippen LogP contribution in [0.5, 0.6) is 5.75 Å². The number of benzene rings is 1. The zero-order valence-corrected chi connectivity index (χ0v) is 8.99. The van der Waals surface area contributed by atoms with Gasteiger partial charge in [-0.25, -0.2) is 0 Å². The first-order valence-electron chi connectivity index (χ1n) is 3.86. The van der Waals surface area contributed by atoms with Crippen LogP contribution in [-0.2, 0) is 6.42 Å². The van der Waals surface area contributed by atoms with Gasteiger partial charge in [-0.1, -0.05) is 19.1 Å². The Morgan fingerprint density at radius 3 is 2.33 bits per heavy atom. The van der Waals surface area contributed by atoms with E-state index in [1.54, 1.807) is 12.1 Å². The minimum absolute atomic E-state index is 0. The molecule has 0 amide bonds. The maximum atomic E-state index is 11.8. The third-order valence-corrected chi connectivity index (χ3v) is 1.54. The predicted octanol–water partition coefficient (Wildman–Crippen LogP) is 3.73. The Morgan fingerprint density at radius 2 is 1.87 bits per heavy atom. The van der Waals surface area contributed by atoms with E-state index >= 15 is 0 Å². The molecule has 0 aromatic heterocycles. The predicted molar refractivity (Wildman–Crippen MR) is 54.8 cm³/mol. The SMILES string of the molecule is CCc1cccc(OC(F)(F)F)c1.Cl.N. The zero-order chi connectivity index (χ0) is 9.90. The molecule has 0 saturated carbocycles. The maximum absolute atomic E-state index is 11.8. The summed E-state index contributed by atoms with van der Waals surface area (Å²) in [7, 11) is 0. The molecule has 88 valence electrons. The molecule has 0 aliphatic heterocycles. The molecular weight excluding hydrogens is 231 g/mol. The molecular formula is C9H13ClF3NO. The highest BCUT2D eigenvalue weighted by molar-refractivity contribution is 5.85. The molecule has 3 N–H and O–H groups in total. The van der Waals surface area contributed by atoms with Gasteiger partial charge >= 0.3 is 6.36 Å². The van der Waals surface area contributed by atoms with E-state index in [9.17, 15) is 13.2 Å². The zero-order valence-electron chi connectivity index (χ0n) is 8.17. The van der Waals surface area contributed by atoms with Gasteiger partial charge in [-0.3, -0.25) is 0 Å². The van der Waals surface area contributed by atoms with Crippen molar-refractivity contribution >= 4 is 12.4 Å². The monoisotopic (exact) mass is 243 g/mol. The smallest absolute Gasteiger partial charge is 0.406 e. The second-order valence-electron chi connectivity index (χ2n) is 2.55. The summed E-state index contributed by atoms with van der Waals surface area (Å²) in [5.41, 5.74) is 0.821. The fourth-order valence-corrected chi connectivity index (χ4v) is 0.963. The summed E-state index contributed by atoms with van der Waals surface area (Å²) in [4.78, 5) is 0. The first-order valence-corrected chi connectivity index (χ1v) is 3.86. The van der Waals surface area contributed by atoms with Crippen molar-refractivity contribution in [2.24, 2.45) is 0 Å². The summed E-state index contributed by atoms with van der Waals surface area (Å²) in [5.74, 6) is -0.160. The van der Waals surface area contributed by atoms with Crippen molar-refractivity contribution in [2.75, 3.05) is 0 Å². The molecule has 0 radical (unpaired) electrons. The normalized spacial score (nSPS) is 9.87. The lowest BCUT2D eigenvalue weighted by Gasteiger charge is -2.09. The van der Waals surface area contributed by atoms with E-state index in [1.807, 2.05) is 6.92 Å². The molecule has 0 aliphatic carbocycles. The second-order valence-corrected chi connectivity index (χ2v) is 2.55. The van der Waals surface area contributed by atoms with Crippen LogP contribution in [0.2, 0.25) is 0 Å². The van der Waals surface area contributed by atoms with Gasteiger partial charge in [0.2, 0.25) is 0 Å². The van der Waals surface area contributed by atoms with Crippen LogP contribution in [0.1, 0.15) is 12.5 Å². The fourth-order valence-electron chi connectivity index (χ4n) is 0.963. The molecule has 0 spiro atoms. The van der Waals surface area contributed by atoms with Crippen molar-refractivity contribution in [3.8, 4) is 5.75 Å². The Labute approximate surface area is 92.4 Å². The molecule has 0 aliphatic rings. The van der Waals surface area contributed by atoms with Crippen LogP contribution in [0.3, 0.4) is 0 Å². The second kappa shape index (κ2) is 6.53. The largest absolute Gasteiger partial charge is 0.573 e. The Kier molecular flexibility index (Phi) is 7.17. The van der Waals surface area contributed by atoms with E-state index in [2.05, 4.69) is 4.74 Å². The van der Waals surface area contributed by atoms with Gasteiger partial charge in [-0.2, -0.15) is 0 Å². The summed E-state index contributed by atoms with van der Waals surface area (Å²) in [5, 5.41) is 0. The Balaban J connectivity index is 0. The van der Waals surface area contributed by atoms with Gasteiger partial charge in [0.05, 0.1) is 0 Å². The molecule has 1 rings (SSSR count). The molecule has 2 nitrogen and oxygen atoms in total. The van der Waals surface area contributed by atoms with Crippen molar-refractivity contribution in [3.05, 3.63) is 29.8 Å². The highest BCUT2D eigenvalue weighted by atomic mass is 35.5. The highest BCUT2D eigenvalue weighted by Gasteiger charge is 2.30. The summed E-state index contributed by atoms with van der Waals surface area (Å²) >= 11 is 0. The van der Waals surface area contributed by atoms with Gasteiger partial charge in [-0.05, 0) is 24.1 Å². The number of aryl methyl sites for hydroxylation is 1. The van der Waals surface area contributed by atoms with Crippen molar-refractivity contribution in [3.63, 3.8) is 0 Å². The van der Waals surface area contributed by atoms with E-state index < -0.39 is 6.36 Å². The molecule has 0 fully saturated rings. The van der Waals surface area contributed by atoms with Crippen molar-refractivity contribution in [2.45, 2.75) is 19.7 Å². The van der Waals surface area contributed by atoms with E-state index in [1.165, 1.54) is 12.1 Å². The molecule has 0 unspecified atom stereocenters. The Bertz CT molecular complexity index is 291. The molecule has 1 aromatic carbocycles. The van der Waals surface area contributed by atoms with Crippen LogP contribution in [0.4, 0.5) is 13.2 Å². The third kappa shape index (κ3) is 6.19. The highest BCUT2D eigenvalue weighted by Crippen LogP contribution is 2.23. The number of halogens is 4. The van der Waals surface area contributed by atoms with E-state index in [4.69, 9.17) is 0 Å². The van der Waals surface area contributed by atoms with Crippen LogP contribution in [0, 0.1) is 0 Å². The number of rotatable bonds is 2. The standard InChI is InChI=1S/C9H9F3O.ClH.H3N/c1-2-7-4-3-5-8(6-7)13-9(10,11)12;;/h3-6H,2H2,1H3;1H;1H3. The quantitative estimate of drug-likeness (QED) is 0.860. The molecule has 6 heteroatoms. The van der Waals surface area contributed by atoms with Crippen LogP contribution >= 0.6 is 12.4 Å². The molecule has 0 heterocycles. The minimum Gasteiger partial charge on any atom is -0.406 e. The average Bonchev–Trinajstić information content (AvgIpc) is 2.01. The van der Waals surface area contributed by atoms with Crippen LogP contribution < -0.4 is 10.9 Å². The summed E-state index contributed by atoms with van der Waals surface area (Å²) in [6, 6.07) is 5.96. The first-order chi connectivity index (χ1) is 6.01. The van der Waals surface area contributed by atoms with Crippen LogP contribution in [0.25, 0.3) is 0 Å². The molecule has 1 aromatic rings. The first kappa shape index (κ1) is 16.5. The van der Waals surface area contributed by atoms with Gasteiger partial charge in [0.25, 0.3) is 0 Å². The van der Waals surface area contributed by atoms with Crippen molar-refractivity contribution in [1.82, 2.24) is 6.15 Å². The van der Waals surface area contributed by atoms with Gasteiger partial charge in [0.1, 0.15) is 5.75 Å². The number of hydrogen-bond donors (Lipinski definition) is 1. The summed E-state index contributed by atoms with van der Waals surface area (Å²) < 4.78 is 39.0. The fraction of sp³-hybridized carbons (Fsp3) is 0.333. The van der Waals surface area contributed by atoms with E-state index in [-0.39, 0.29) is 24.3 Å². The van der Waals surface area contributed by atoms with Crippen molar-refractivity contribution in [1.29, 1.82) is 0 Å². The lowest BCUT2D eigenvalue weighted by Crippen LogP contribution is -2.17. The summed E-state index contributed by atoms with van der Waals surface area (Å²) in [6.07, 6.45) is -3.92. The third-order valence-electron chi connectivity index (χ3n) is 1.54. The molecule has 0 bridgehead atoms. The lowest BCUT2D eigenvalue weighted by molar-refractivity contribution is -0.274. The molecule has 0 saturated heterocycles. The van der Waals surface area contributed by atoms with E-state index in [0.29, 0.717) is 6.42 Å². The lowest BCUT2D eigenvalue weighted by atomic mass is 10.2. The van der Waals surface area contributed by atoms with Gasteiger partial charge in [-0.15, -0.1) is 25.6 Å². The topological polar surface area (TPSA) is 44.2 Å². The number of ether oxygens (including phenoxy) is 1. The van der Waals surface area contributed by atoms with Gasteiger partial charge in [0, 0.05) is 0 Å². The van der Waals surface area contributed by atoms with E-state index in [0.717, 1.165) is 5.56 Å². The average molecular weight is 244 g/mol. The molecule has 15 heavy (non-hydrogen) atoms. The van der Waals surface area contributed by atoms with Crippen LogP contribution in [-0.4, -0.2) is 6.36 Å². The Morgan fingerprint density at radius 1 is 1.27 bits per heavy atom. The van der Waals surface area contributed by atoms with Crippen LogP contribution in [0.15, 0.2) is 24.3 Å².